The van der Waals surface area contributed by atoms with E-state index < -0.39 is 0 Å². The van der Waals surface area contributed by atoms with Gasteiger partial charge in [-0.2, -0.15) is 0 Å². The minimum absolute atomic E-state index is 0.593. The zero-order valence-electron chi connectivity index (χ0n) is 10.4. The third-order valence-corrected chi connectivity index (χ3v) is 2.52. The summed E-state index contributed by atoms with van der Waals surface area (Å²) < 4.78 is 5.66. The molecule has 2 heteroatoms. The van der Waals surface area contributed by atoms with Gasteiger partial charge in [-0.25, -0.2) is 0 Å². The third kappa shape index (κ3) is 5.89. The molecule has 1 unspecified atom stereocenters. The van der Waals surface area contributed by atoms with Crippen LogP contribution in [0.25, 0.3) is 0 Å². The van der Waals surface area contributed by atoms with Crippen LogP contribution in [0.3, 0.4) is 0 Å². The molecule has 0 heterocycles. The second kappa shape index (κ2) is 8.31. The monoisotopic (exact) mass is 221 g/mol. The molecule has 0 radical (unpaired) electrons. The molecule has 0 aliphatic rings. The fraction of sp³-hybridized carbons (Fsp3) is 0.571. The van der Waals surface area contributed by atoms with E-state index in [4.69, 9.17) is 4.74 Å². The van der Waals surface area contributed by atoms with Crippen molar-refractivity contribution in [1.82, 2.24) is 5.32 Å². The van der Waals surface area contributed by atoms with Crippen molar-refractivity contribution in [3.63, 3.8) is 0 Å². The SMILES string of the molecule is CCNCC(C)COCCc1ccccc1. The largest absolute Gasteiger partial charge is 0.381 e. The molecule has 0 aliphatic heterocycles. The minimum Gasteiger partial charge on any atom is -0.381 e. The molecule has 0 saturated heterocycles. The summed E-state index contributed by atoms with van der Waals surface area (Å²) in [6.07, 6.45) is 1.01. The first kappa shape index (κ1) is 13.2. The first-order valence-electron chi connectivity index (χ1n) is 6.15. The lowest BCUT2D eigenvalue weighted by Crippen LogP contribution is -2.24. The summed E-state index contributed by atoms with van der Waals surface area (Å²) in [7, 11) is 0. The quantitative estimate of drug-likeness (QED) is 0.681. The molecular formula is C14H23NO. The van der Waals surface area contributed by atoms with Crippen molar-refractivity contribution in [3.05, 3.63) is 35.9 Å². The normalized spacial score (nSPS) is 12.6. The first-order chi connectivity index (χ1) is 7.83. The van der Waals surface area contributed by atoms with Crippen LogP contribution in [0.15, 0.2) is 30.3 Å². The van der Waals surface area contributed by atoms with Crippen LogP contribution < -0.4 is 5.32 Å². The predicted molar refractivity (Wildman–Crippen MR) is 68.7 cm³/mol. The summed E-state index contributed by atoms with van der Waals surface area (Å²) in [6.45, 7) is 8.09. The van der Waals surface area contributed by atoms with Crippen molar-refractivity contribution < 1.29 is 4.74 Å². The highest BCUT2D eigenvalue weighted by Gasteiger charge is 2.00. The van der Waals surface area contributed by atoms with Crippen molar-refractivity contribution in [2.75, 3.05) is 26.3 Å². The van der Waals surface area contributed by atoms with Gasteiger partial charge in [-0.05, 0) is 31.0 Å². The lowest BCUT2D eigenvalue weighted by atomic mass is 10.1. The van der Waals surface area contributed by atoms with Gasteiger partial charge in [0, 0.05) is 0 Å². The molecule has 16 heavy (non-hydrogen) atoms. The second-order valence-electron chi connectivity index (χ2n) is 4.22. The highest BCUT2D eigenvalue weighted by atomic mass is 16.5. The van der Waals surface area contributed by atoms with E-state index in [-0.39, 0.29) is 0 Å². The molecule has 0 saturated carbocycles. The van der Waals surface area contributed by atoms with Gasteiger partial charge in [-0.3, -0.25) is 0 Å². The van der Waals surface area contributed by atoms with E-state index >= 15 is 0 Å². The van der Waals surface area contributed by atoms with Crippen molar-refractivity contribution >= 4 is 0 Å². The van der Waals surface area contributed by atoms with E-state index in [0.29, 0.717) is 5.92 Å². The Morgan fingerprint density at radius 1 is 1.25 bits per heavy atom. The Hall–Kier alpha value is -0.860. The maximum Gasteiger partial charge on any atom is 0.0506 e. The topological polar surface area (TPSA) is 21.3 Å². The average Bonchev–Trinajstić information content (AvgIpc) is 2.33. The fourth-order valence-corrected chi connectivity index (χ4v) is 1.57. The Labute approximate surface area is 99.0 Å². The number of hydrogen-bond acceptors (Lipinski definition) is 2. The van der Waals surface area contributed by atoms with E-state index in [1.165, 1.54) is 5.56 Å². The molecule has 1 rings (SSSR count). The molecule has 0 aliphatic carbocycles. The van der Waals surface area contributed by atoms with E-state index in [1.807, 2.05) is 6.07 Å². The molecule has 0 aromatic heterocycles. The summed E-state index contributed by atoms with van der Waals surface area (Å²) in [5.74, 6) is 0.593. The van der Waals surface area contributed by atoms with Crippen LogP contribution >= 0.6 is 0 Å². The molecule has 0 amide bonds. The molecular weight excluding hydrogens is 198 g/mol. The maximum absolute atomic E-state index is 5.66. The fourth-order valence-electron chi connectivity index (χ4n) is 1.57. The van der Waals surface area contributed by atoms with Crippen molar-refractivity contribution in [1.29, 1.82) is 0 Å². The van der Waals surface area contributed by atoms with Crippen molar-refractivity contribution in [2.24, 2.45) is 5.92 Å². The number of ether oxygens (including phenoxy) is 1. The van der Waals surface area contributed by atoms with E-state index in [2.05, 4.69) is 43.4 Å². The lowest BCUT2D eigenvalue weighted by molar-refractivity contribution is 0.107. The van der Waals surface area contributed by atoms with E-state index in [1.54, 1.807) is 0 Å². The van der Waals surface area contributed by atoms with Gasteiger partial charge in [0.2, 0.25) is 0 Å². The molecule has 1 N–H and O–H groups in total. The molecule has 1 aromatic carbocycles. The number of rotatable bonds is 8. The molecule has 90 valence electrons. The van der Waals surface area contributed by atoms with Gasteiger partial charge in [-0.15, -0.1) is 0 Å². The van der Waals surface area contributed by atoms with Gasteiger partial charge in [0.15, 0.2) is 0 Å². The Kier molecular flexibility index (Phi) is 6.86. The van der Waals surface area contributed by atoms with Crippen LogP contribution in [0.2, 0.25) is 0 Å². The molecule has 1 aromatic rings. The Balaban J connectivity index is 2.03. The zero-order chi connectivity index (χ0) is 11.6. The van der Waals surface area contributed by atoms with Crippen molar-refractivity contribution in [3.8, 4) is 0 Å². The number of hydrogen-bond donors (Lipinski definition) is 1. The van der Waals surface area contributed by atoms with Crippen LogP contribution in [0.4, 0.5) is 0 Å². The van der Waals surface area contributed by atoms with E-state index in [0.717, 1.165) is 32.7 Å². The van der Waals surface area contributed by atoms with Gasteiger partial charge in [0.05, 0.1) is 13.2 Å². The summed E-state index contributed by atoms with van der Waals surface area (Å²) >= 11 is 0. The van der Waals surface area contributed by atoms with Crippen LogP contribution in [-0.2, 0) is 11.2 Å². The summed E-state index contributed by atoms with van der Waals surface area (Å²) in [5.41, 5.74) is 1.35. The van der Waals surface area contributed by atoms with Gasteiger partial charge in [0.25, 0.3) is 0 Å². The van der Waals surface area contributed by atoms with Gasteiger partial charge >= 0.3 is 0 Å². The standard InChI is InChI=1S/C14H23NO/c1-3-15-11-13(2)12-16-10-9-14-7-5-4-6-8-14/h4-8,13,15H,3,9-12H2,1-2H3. The second-order valence-corrected chi connectivity index (χ2v) is 4.22. The predicted octanol–water partition coefficient (Wildman–Crippen LogP) is 2.49. The zero-order valence-corrected chi connectivity index (χ0v) is 10.4. The Morgan fingerprint density at radius 3 is 2.69 bits per heavy atom. The van der Waals surface area contributed by atoms with Crippen LogP contribution in [0, 0.1) is 5.92 Å². The molecule has 2 nitrogen and oxygen atoms in total. The minimum atomic E-state index is 0.593. The maximum atomic E-state index is 5.66. The van der Waals surface area contributed by atoms with Crippen LogP contribution in [-0.4, -0.2) is 26.3 Å². The summed E-state index contributed by atoms with van der Waals surface area (Å²) in [4.78, 5) is 0. The summed E-state index contributed by atoms with van der Waals surface area (Å²) in [5, 5.41) is 3.33. The number of benzene rings is 1. The Bertz CT molecular complexity index is 261. The Morgan fingerprint density at radius 2 is 2.00 bits per heavy atom. The smallest absolute Gasteiger partial charge is 0.0506 e. The van der Waals surface area contributed by atoms with Gasteiger partial charge in [-0.1, -0.05) is 44.2 Å². The average molecular weight is 221 g/mol. The third-order valence-electron chi connectivity index (χ3n) is 2.52. The molecule has 0 fully saturated rings. The van der Waals surface area contributed by atoms with Crippen LogP contribution in [0.1, 0.15) is 19.4 Å². The number of nitrogens with one attached hydrogen (secondary N) is 1. The highest BCUT2D eigenvalue weighted by molar-refractivity contribution is 5.14. The first-order valence-corrected chi connectivity index (χ1v) is 6.15. The van der Waals surface area contributed by atoms with Gasteiger partial charge in [0.1, 0.15) is 0 Å². The van der Waals surface area contributed by atoms with Crippen molar-refractivity contribution in [2.45, 2.75) is 20.3 Å². The van der Waals surface area contributed by atoms with Gasteiger partial charge < -0.3 is 10.1 Å². The molecule has 1 atom stereocenters. The highest BCUT2D eigenvalue weighted by Crippen LogP contribution is 2.00. The van der Waals surface area contributed by atoms with E-state index in [9.17, 15) is 0 Å². The lowest BCUT2D eigenvalue weighted by Gasteiger charge is -2.12. The van der Waals surface area contributed by atoms with Crippen LogP contribution in [0.5, 0.6) is 0 Å². The molecule has 0 spiro atoms. The molecule has 0 bridgehead atoms. The summed E-state index contributed by atoms with van der Waals surface area (Å²) in [6, 6.07) is 10.5.